The summed E-state index contributed by atoms with van der Waals surface area (Å²) in [6.45, 7) is 3.59. The Morgan fingerprint density at radius 2 is 1.86 bits per heavy atom. The van der Waals surface area contributed by atoms with Crippen LogP contribution in [0.1, 0.15) is 53.2 Å². The lowest BCUT2D eigenvalue weighted by Crippen LogP contribution is -2.40. The Balaban J connectivity index is 1.61. The van der Waals surface area contributed by atoms with Gasteiger partial charge in [0.1, 0.15) is 24.3 Å². The third kappa shape index (κ3) is 5.20. The average molecular weight is 476 g/mol. The number of aliphatic hydroxyl groups excluding tert-OH is 1. The zero-order chi connectivity index (χ0) is 24.9. The van der Waals surface area contributed by atoms with Crippen molar-refractivity contribution in [2.24, 2.45) is 5.92 Å². The summed E-state index contributed by atoms with van der Waals surface area (Å²) in [6, 6.07) is 18.1. The number of amides is 2. The number of hydrogen-bond donors (Lipinski definition) is 1. The van der Waals surface area contributed by atoms with Crippen LogP contribution >= 0.6 is 0 Å². The van der Waals surface area contributed by atoms with Crippen molar-refractivity contribution in [3.05, 3.63) is 83.3 Å². The number of cyclic esters (lactones) is 1. The minimum absolute atomic E-state index is 0.0444. The van der Waals surface area contributed by atoms with Gasteiger partial charge in [-0.15, -0.1) is 0 Å². The van der Waals surface area contributed by atoms with Crippen LogP contribution in [0.25, 0.3) is 11.1 Å². The lowest BCUT2D eigenvalue weighted by molar-refractivity contribution is -0.131. The molecule has 0 radical (unpaired) electrons. The summed E-state index contributed by atoms with van der Waals surface area (Å²) in [5, 5.41) is 9.16. The average Bonchev–Trinajstić information content (AvgIpc) is 3.47. The van der Waals surface area contributed by atoms with Gasteiger partial charge in [-0.25, -0.2) is 9.69 Å². The minimum atomic E-state index is -1.13. The summed E-state index contributed by atoms with van der Waals surface area (Å²) in [7, 11) is 0. The maximum atomic E-state index is 13.4. The Morgan fingerprint density at radius 1 is 1.09 bits per heavy atom. The lowest BCUT2D eigenvalue weighted by atomic mass is 9.98. The summed E-state index contributed by atoms with van der Waals surface area (Å²) in [5.41, 5.74) is 3.54. The number of ketones is 1. The fraction of sp³-hybridized carbons (Fsp3) is 0.321. The fourth-order valence-electron chi connectivity index (χ4n) is 4.31. The van der Waals surface area contributed by atoms with Gasteiger partial charge in [0, 0.05) is 18.6 Å². The van der Waals surface area contributed by atoms with Crippen LogP contribution < -0.4 is 0 Å². The number of imide groups is 1. The number of furan rings is 1. The van der Waals surface area contributed by atoms with E-state index >= 15 is 0 Å². The highest BCUT2D eigenvalue weighted by molar-refractivity contribution is 6.12. The predicted molar refractivity (Wildman–Crippen MR) is 130 cm³/mol. The zero-order valence-electron chi connectivity index (χ0n) is 19.9. The molecule has 1 aromatic heterocycles. The molecule has 1 aliphatic rings. The van der Waals surface area contributed by atoms with E-state index < -0.39 is 29.7 Å². The van der Waals surface area contributed by atoms with Gasteiger partial charge in [0.05, 0.1) is 0 Å². The molecule has 182 valence electrons. The Bertz CT molecular complexity index is 1220. The fourth-order valence-corrected chi connectivity index (χ4v) is 4.31. The molecule has 4 rings (SSSR count). The molecular formula is C28H29NO6. The molecule has 7 heteroatoms. The van der Waals surface area contributed by atoms with Crippen molar-refractivity contribution in [2.75, 3.05) is 13.2 Å². The summed E-state index contributed by atoms with van der Waals surface area (Å²) in [5.74, 6) is -1.54. The molecule has 1 fully saturated rings. The summed E-state index contributed by atoms with van der Waals surface area (Å²) in [4.78, 5) is 40.1. The number of Topliss-reactive ketones (excluding diaryl/α,β-unsaturated/α-hetero) is 1. The van der Waals surface area contributed by atoms with Gasteiger partial charge >= 0.3 is 6.09 Å². The molecule has 35 heavy (non-hydrogen) atoms. The van der Waals surface area contributed by atoms with Gasteiger partial charge in [-0.1, -0.05) is 60.2 Å². The maximum Gasteiger partial charge on any atom is 0.417 e. The molecule has 7 nitrogen and oxygen atoms in total. The molecule has 0 unspecified atom stereocenters. The van der Waals surface area contributed by atoms with Crippen molar-refractivity contribution in [3.63, 3.8) is 0 Å². The molecule has 1 aliphatic heterocycles. The van der Waals surface area contributed by atoms with Crippen LogP contribution in [0.3, 0.4) is 0 Å². The molecule has 0 spiro atoms. The van der Waals surface area contributed by atoms with Crippen LogP contribution in [-0.4, -0.2) is 41.0 Å². The van der Waals surface area contributed by atoms with E-state index in [0.29, 0.717) is 25.0 Å². The van der Waals surface area contributed by atoms with Gasteiger partial charge in [-0.3, -0.25) is 9.59 Å². The molecule has 0 saturated carbocycles. The molecule has 2 amide bonds. The third-order valence-electron chi connectivity index (χ3n) is 6.25. The molecule has 1 saturated heterocycles. The molecule has 0 bridgehead atoms. The SMILES string of the molecule is Cc1cccc(-c2cc(C(=O)[C@H](C)C(=O)N3C(=O)OC[C@@H]3c3ccccc3)oc2CCCCO)c1. The quantitative estimate of drug-likeness (QED) is 0.262. The monoisotopic (exact) mass is 475 g/mol. The number of nitrogens with zero attached hydrogens (tertiary/aromatic N) is 1. The van der Waals surface area contributed by atoms with Crippen molar-refractivity contribution in [3.8, 4) is 11.1 Å². The van der Waals surface area contributed by atoms with E-state index in [1.54, 1.807) is 6.07 Å². The summed E-state index contributed by atoms with van der Waals surface area (Å²) >= 11 is 0. The number of benzene rings is 2. The predicted octanol–water partition coefficient (Wildman–Crippen LogP) is 5.11. The van der Waals surface area contributed by atoms with Gasteiger partial charge in [-0.2, -0.15) is 0 Å². The van der Waals surface area contributed by atoms with E-state index in [4.69, 9.17) is 14.3 Å². The molecule has 0 aliphatic carbocycles. The number of aryl methyl sites for hydroxylation is 2. The number of carbonyl (C=O) groups is 3. The van der Waals surface area contributed by atoms with Crippen molar-refractivity contribution in [2.45, 2.75) is 39.2 Å². The molecule has 2 aromatic carbocycles. The van der Waals surface area contributed by atoms with Gasteiger partial charge < -0.3 is 14.3 Å². The minimum Gasteiger partial charge on any atom is -0.457 e. The number of carbonyl (C=O) groups excluding carboxylic acids is 3. The highest BCUT2D eigenvalue weighted by Gasteiger charge is 2.42. The summed E-state index contributed by atoms with van der Waals surface area (Å²) < 4.78 is 11.1. The van der Waals surface area contributed by atoms with Crippen LogP contribution in [0, 0.1) is 12.8 Å². The molecular weight excluding hydrogens is 446 g/mol. The first kappa shape index (κ1) is 24.4. The first-order valence-corrected chi connectivity index (χ1v) is 11.8. The highest BCUT2D eigenvalue weighted by atomic mass is 16.6. The van der Waals surface area contributed by atoms with E-state index in [9.17, 15) is 14.4 Å². The van der Waals surface area contributed by atoms with E-state index in [-0.39, 0.29) is 19.0 Å². The van der Waals surface area contributed by atoms with Crippen LogP contribution in [0.2, 0.25) is 0 Å². The molecule has 2 atom stereocenters. The zero-order valence-corrected chi connectivity index (χ0v) is 19.9. The van der Waals surface area contributed by atoms with Crippen LogP contribution in [0.5, 0.6) is 0 Å². The van der Waals surface area contributed by atoms with Crippen molar-refractivity contribution >= 4 is 17.8 Å². The standard InChI is InChI=1S/C28H29NO6/c1-18-9-8-12-21(15-18)22-16-25(35-24(22)13-6-7-14-30)26(31)19(2)27(32)29-23(17-34-28(29)33)20-10-4-3-5-11-20/h3-5,8-12,15-16,19,23,30H,6-7,13-14,17H2,1-2H3/t19-,23+/m0/s1. The number of rotatable bonds is 9. The smallest absolute Gasteiger partial charge is 0.417 e. The Morgan fingerprint density at radius 3 is 2.57 bits per heavy atom. The Labute approximate surface area is 204 Å². The van der Waals surface area contributed by atoms with Gasteiger partial charge in [0.25, 0.3) is 0 Å². The molecule has 1 N–H and O–H groups in total. The van der Waals surface area contributed by atoms with Crippen LogP contribution in [0.4, 0.5) is 4.79 Å². The van der Waals surface area contributed by atoms with E-state index in [0.717, 1.165) is 27.2 Å². The number of hydrogen-bond acceptors (Lipinski definition) is 6. The second-order valence-corrected chi connectivity index (χ2v) is 8.80. The largest absolute Gasteiger partial charge is 0.457 e. The van der Waals surface area contributed by atoms with Crippen molar-refractivity contribution in [1.82, 2.24) is 4.90 Å². The second-order valence-electron chi connectivity index (χ2n) is 8.80. The molecule has 3 aromatic rings. The van der Waals surface area contributed by atoms with E-state index in [2.05, 4.69) is 0 Å². The van der Waals surface area contributed by atoms with Gasteiger partial charge in [-0.05, 0) is 43.9 Å². The lowest BCUT2D eigenvalue weighted by Gasteiger charge is -2.22. The normalized spacial score (nSPS) is 16.3. The Kier molecular flexibility index (Phi) is 7.46. The van der Waals surface area contributed by atoms with Gasteiger partial charge in [0.2, 0.25) is 11.7 Å². The number of ether oxygens (including phenoxy) is 1. The number of aliphatic hydroxyl groups is 1. The number of unbranched alkanes of at least 4 members (excludes halogenated alkanes) is 1. The maximum absolute atomic E-state index is 13.4. The van der Waals surface area contributed by atoms with Gasteiger partial charge in [0.15, 0.2) is 5.76 Å². The first-order valence-electron chi connectivity index (χ1n) is 11.8. The first-order chi connectivity index (χ1) is 16.9. The Hall–Kier alpha value is -3.71. The topological polar surface area (TPSA) is 97.1 Å². The summed E-state index contributed by atoms with van der Waals surface area (Å²) in [6.07, 6.45) is 1.11. The molecule has 2 heterocycles. The third-order valence-corrected chi connectivity index (χ3v) is 6.25. The van der Waals surface area contributed by atoms with E-state index in [1.165, 1.54) is 6.92 Å². The van der Waals surface area contributed by atoms with Crippen LogP contribution in [0.15, 0.2) is 65.1 Å². The highest BCUT2D eigenvalue weighted by Crippen LogP contribution is 2.33. The van der Waals surface area contributed by atoms with Crippen molar-refractivity contribution in [1.29, 1.82) is 0 Å². The van der Waals surface area contributed by atoms with E-state index in [1.807, 2.05) is 61.5 Å². The second kappa shape index (κ2) is 10.7. The van der Waals surface area contributed by atoms with Crippen molar-refractivity contribution < 1.29 is 28.6 Å². The van der Waals surface area contributed by atoms with Crippen LogP contribution in [-0.2, 0) is 16.0 Å².